The van der Waals surface area contributed by atoms with Gasteiger partial charge in [0.05, 0.1) is 0 Å². The average Bonchev–Trinajstić information content (AvgIpc) is 2.31. The summed E-state index contributed by atoms with van der Waals surface area (Å²) < 4.78 is 14.2. The summed E-state index contributed by atoms with van der Waals surface area (Å²) in [5, 5.41) is 0. The first-order valence-electron chi connectivity index (χ1n) is 6.19. The van der Waals surface area contributed by atoms with Gasteiger partial charge in [0.25, 0.3) is 0 Å². The van der Waals surface area contributed by atoms with Crippen molar-refractivity contribution in [2.24, 2.45) is 5.41 Å². The molecular weight excluding hydrogens is 211 g/mol. The molecule has 0 aliphatic heterocycles. The van der Waals surface area contributed by atoms with Crippen LogP contribution in [-0.2, 0) is 0 Å². The minimum atomic E-state index is -0.0176. The Hall–Kier alpha value is -1.37. The minimum Gasteiger partial charge on any atom is -0.211 e. The molecule has 1 unspecified atom stereocenters. The average molecular weight is 230 g/mol. The molecule has 0 N–H and O–H groups in total. The van der Waals surface area contributed by atoms with Gasteiger partial charge in [-0.2, -0.15) is 0 Å². The van der Waals surface area contributed by atoms with Crippen LogP contribution in [0.4, 0.5) is 4.39 Å². The molecule has 17 heavy (non-hydrogen) atoms. The first kappa shape index (κ1) is 12.1. The minimum absolute atomic E-state index is 0.0176. The molecule has 1 aliphatic carbocycles. The molecule has 0 saturated heterocycles. The van der Waals surface area contributed by atoms with E-state index in [4.69, 9.17) is 0 Å². The Kier molecular flexibility index (Phi) is 3.19. The Morgan fingerprint density at radius 2 is 2.00 bits per heavy atom. The predicted octanol–water partition coefficient (Wildman–Crippen LogP) is 5.05. The summed E-state index contributed by atoms with van der Waals surface area (Å²) in [6.45, 7) is 6.24. The van der Waals surface area contributed by atoms with E-state index in [-0.39, 0.29) is 11.2 Å². The Morgan fingerprint density at radius 1 is 1.29 bits per heavy atom. The van der Waals surface area contributed by atoms with Crippen LogP contribution < -0.4 is 0 Å². The smallest absolute Gasteiger partial charge is 0.109 e. The Bertz CT molecular complexity index is 482. The molecule has 1 aromatic carbocycles. The number of rotatable bonds is 2. The van der Waals surface area contributed by atoms with Crippen molar-refractivity contribution in [3.8, 4) is 0 Å². The zero-order valence-electron chi connectivity index (χ0n) is 10.8. The maximum Gasteiger partial charge on any atom is 0.109 e. The maximum absolute atomic E-state index is 14.2. The van der Waals surface area contributed by atoms with E-state index in [9.17, 15) is 4.39 Å². The summed E-state index contributed by atoms with van der Waals surface area (Å²) >= 11 is 0. The van der Waals surface area contributed by atoms with Crippen molar-refractivity contribution in [3.63, 3.8) is 0 Å². The molecule has 1 heteroatoms. The highest BCUT2D eigenvalue weighted by atomic mass is 19.1. The second-order valence-electron chi connectivity index (χ2n) is 5.15. The summed E-state index contributed by atoms with van der Waals surface area (Å²) in [6, 6.07) is 7.96. The molecule has 2 rings (SSSR count). The topological polar surface area (TPSA) is 0 Å². The van der Waals surface area contributed by atoms with E-state index < -0.39 is 0 Å². The molecule has 0 heterocycles. The third kappa shape index (κ3) is 2.33. The standard InChI is InChI=1S/C16H19F/c1-4-16(3)10-9-14(15(17)11-16)13-8-6-5-7-12(13)2/h5-10H,4,11H2,1-3H3. The molecule has 0 radical (unpaired) electrons. The molecule has 0 spiro atoms. The van der Waals surface area contributed by atoms with Gasteiger partial charge in [-0.15, -0.1) is 0 Å². The Labute approximate surface area is 103 Å². The van der Waals surface area contributed by atoms with Gasteiger partial charge in [-0.3, -0.25) is 0 Å². The third-order valence-electron chi connectivity index (χ3n) is 3.75. The molecule has 0 saturated carbocycles. The van der Waals surface area contributed by atoms with E-state index in [1.165, 1.54) is 0 Å². The monoisotopic (exact) mass is 230 g/mol. The SMILES string of the molecule is CCC1(C)C=CC(c2ccccc2C)=C(F)C1. The van der Waals surface area contributed by atoms with E-state index in [1.54, 1.807) is 0 Å². The van der Waals surface area contributed by atoms with Crippen LogP contribution in [0.25, 0.3) is 5.57 Å². The number of aryl methyl sites for hydroxylation is 1. The van der Waals surface area contributed by atoms with Crippen molar-refractivity contribution in [2.75, 3.05) is 0 Å². The van der Waals surface area contributed by atoms with Crippen molar-refractivity contribution >= 4 is 5.57 Å². The highest BCUT2D eigenvalue weighted by Crippen LogP contribution is 2.40. The van der Waals surface area contributed by atoms with Crippen LogP contribution in [0.2, 0.25) is 0 Å². The molecule has 0 bridgehead atoms. The van der Waals surface area contributed by atoms with Crippen molar-refractivity contribution in [2.45, 2.75) is 33.6 Å². The zero-order valence-corrected chi connectivity index (χ0v) is 10.8. The van der Waals surface area contributed by atoms with Crippen LogP contribution in [0.3, 0.4) is 0 Å². The fourth-order valence-corrected chi connectivity index (χ4v) is 2.24. The van der Waals surface area contributed by atoms with Crippen LogP contribution in [0.1, 0.15) is 37.8 Å². The molecular formula is C16H19F. The lowest BCUT2D eigenvalue weighted by Gasteiger charge is -2.28. The van der Waals surface area contributed by atoms with E-state index in [0.29, 0.717) is 6.42 Å². The largest absolute Gasteiger partial charge is 0.211 e. The predicted molar refractivity (Wildman–Crippen MR) is 71.4 cm³/mol. The number of benzene rings is 1. The first-order chi connectivity index (χ1) is 8.06. The lowest BCUT2D eigenvalue weighted by Crippen LogP contribution is -2.15. The fourth-order valence-electron chi connectivity index (χ4n) is 2.24. The van der Waals surface area contributed by atoms with Gasteiger partial charge in [-0.05, 0) is 29.9 Å². The van der Waals surface area contributed by atoms with Gasteiger partial charge in [0.1, 0.15) is 5.83 Å². The van der Waals surface area contributed by atoms with E-state index in [2.05, 4.69) is 19.9 Å². The van der Waals surface area contributed by atoms with Gasteiger partial charge in [-0.1, -0.05) is 50.3 Å². The van der Waals surface area contributed by atoms with Gasteiger partial charge < -0.3 is 0 Å². The highest BCUT2D eigenvalue weighted by molar-refractivity contribution is 5.78. The number of hydrogen-bond donors (Lipinski definition) is 0. The number of halogens is 1. The zero-order chi connectivity index (χ0) is 12.5. The lowest BCUT2D eigenvalue weighted by atomic mass is 9.78. The number of hydrogen-bond acceptors (Lipinski definition) is 0. The van der Waals surface area contributed by atoms with Crippen molar-refractivity contribution in [1.29, 1.82) is 0 Å². The van der Waals surface area contributed by atoms with Gasteiger partial charge in [0.2, 0.25) is 0 Å². The summed E-state index contributed by atoms with van der Waals surface area (Å²) in [5.41, 5.74) is 2.88. The first-order valence-corrected chi connectivity index (χ1v) is 6.19. The normalized spacial score (nSPS) is 24.2. The molecule has 0 fully saturated rings. The van der Waals surface area contributed by atoms with Crippen LogP contribution in [0.5, 0.6) is 0 Å². The van der Waals surface area contributed by atoms with Gasteiger partial charge >= 0.3 is 0 Å². The second kappa shape index (κ2) is 4.48. The lowest BCUT2D eigenvalue weighted by molar-refractivity contribution is 0.366. The van der Waals surface area contributed by atoms with Crippen molar-refractivity contribution in [1.82, 2.24) is 0 Å². The van der Waals surface area contributed by atoms with Crippen LogP contribution in [-0.4, -0.2) is 0 Å². The van der Waals surface area contributed by atoms with Crippen molar-refractivity contribution < 1.29 is 4.39 Å². The van der Waals surface area contributed by atoms with Crippen molar-refractivity contribution in [3.05, 3.63) is 53.4 Å². The summed E-state index contributed by atoms with van der Waals surface area (Å²) in [7, 11) is 0. The second-order valence-corrected chi connectivity index (χ2v) is 5.15. The molecule has 0 aromatic heterocycles. The third-order valence-corrected chi connectivity index (χ3v) is 3.75. The van der Waals surface area contributed by atoms with Gasteiger partial charge in [-0.25, -0.2) is 4.39 Å². The summed E-state index contributed by atoms with van der Waals surface area (Å²) in [4.78, 5) is 0. The van der Waals surface area contributed by atoms with E-state index >= 15 is 0 Å². The Balaban J connectivity index is 2.40. The van der Waals surface area contributed by atoms with Crippen LogP contribution in [0, 0.1) is 12.3 Å². The highest BCUT2D eigenvalue weighted by Gasteiger charge is 2.26. The quantitative estimate of drug-likeness (QED) is 0.666. The van der Waals surface area contributed by atoms with Gasteiger partial charge in [0, 0.05) is 12.0 Å². The Morgan fingerprint density at radius 3 is 2.59 bits per heavy atom. The van der Waals surface area contributed by atoms with E-state index in [0.717, 1.165) is 23.1 Å². The molecule has 0 nitrogen and oxygen atoms in total. The summed E-state index contributed by atoms with van der Waals surface area (Å²) in [5.74, 6) is 0.0196. The summed E-state index contributed by atoms with van der Waals surface area (Å²) in [6.07, 6.45) is 5.59. The van der Waals surface area contributed by atoms with Crippen LogP contribution >= 0.6 is 0 Å². The molecule has 0 amide bonds. The van der Waals surface area contributed by atoms with Gasteiger partial charge in [0.15, 0.2) is 0 Å². The van der Waals surface area contributed by atoms with E-state index in [1.807, 2.05) is 37.3 Å². The molecule has 90 valence electrons. The fraction of sp³-hybridized carbons (Fsp3) is 0.375. The number of allylic oxidation sites excluding steroid dienone is 4. The van der Waals surface area contributed by atoms with Crippen LogP contribution in [0.15, 0.2) is 42.2 Å². The molecule has 1 aliphatic rings. The molecule has 1 atom stereocenters. The molecule has 1 aromatic rings. The maximum atomic E-state index is 14.2.